The first-order valence-electron chi connectivity index (χ1n) is 4.72. The van der Waals surface area contributed by atoms with Crippen LogP contribution in [0.5, 0.6) is 0 Å². The van der Waals surface area contributed by atoms with E-state index in [0.29, 0.717) is 5.02 Å². The van der Waals surface area contributed by atoms with Gasteiger partial charge < -0.3 is 4.74 Å². The second kappa shape index (κ2) is 4.50. The van der Waals surface area contributed by atoms with Crippen LogP contribution in [0, 0.1) is 0 Å². The predicted molar refractivity (Wildman–Crippen MR) is 60.0 cm³/mol. The minimum atomic E-state index is -0.543. The van der Waals surface area contributed by atoms with Gasteiger partial charge in [-0.1, -0.05) is 11.6 Å². The average Bonchev–Trinajstić information content (AvgIpc) is 2.33. The Morgan fingerprint density at radius 1 is 1.53 bits per heavy atom. The number of esters is 1. The molecule has 2 heterocycles. The van der Waals surface area contributed by atoms with Gasteiger partial charge in [0.2, 0.25) is 0 Å². The number of halogens is 1. The summed E-state index contributed by atoms with van der Waals surface area (Å²) >= 11 is 5.86. The van der Waals surface area contributed by atoms with Crippen molar-refractivity contribution in [3.63, 3.8) is 0 Å². The Morgan fingerprint density at radius 2 is 2.29 bits per heavy atom. The average molecular weight is 254 g/mol. The summed E-state index contributed by atoms with van der Waals surface area (Å²) in [5.41, 5.74) is -0.146. The van der Waals surface area contributed by atoms with Crippen molar-refractivity contribution in [2.75, 3.05) is 7.11 Å². The number of aromatic nitrogens is 3. The van der Waals surface area contributed by atoms with Crippen LogP contribution in [-0.2, 0) is 16.0 Å². The molecule has 0 aromatic carbocycles. The predicted octanol–water partition coefficient (Wildman–Crippen LogP) is 0.458. The molecule has 2 aromatic rings. The lowest BCUT2D eigenvalue weighted by Gasteiger charge is -2.02. The van der Waals surface area contributed by atoms with Gasteiger partial charge in [0.05, 0.1) is 18.6 Å². The fourth-order valence-electron chi connectivity index (χ4n) is 1.34. The highest BCUT2D eigenvalue weighted by atomic mass is 35.5. The van der Waals surface area contributed by atoms with Crippen molar-refractivity contribution in [2.45, 2.75) is 6.42 Å². The summed E-state index contributed by atoms with van der Waals surface area (Å²) in [5, 5.41) is 7.81. The van der Waals surface area contributed by atoms with Crippen LogP contribution in [-0.4, -0.2) is 27.7 Å². The second-order valence-corrected chi connectivity index (χ2v) is 3.66. The van der Waals surface area contributed by atoms with E-state index >= 15 is 0 Å². The molecule has 0 aliphatic heterocycles. The Morgan fingerprint density at radius 3 is 3.00 bits per heavy atom. The van der Waals surface area contributed by atoms with Gasteiger partial charge in [-0.3, -0.25) is 14.0 Å². The van der Waals surface area contributed by atoms with Crippen molar-refractivity contribution in [1.29, 1.82) is 0 Å². The van der Waals surface area contributed by atoms with Gasteiger partial charge in [0.25, 0.3) is 5.56 Å². The summed E-state index contributed by atoms with van der Waals surface area (Å²) < 4.78 is 5.71. The molecule has 0 N–H and O–H groups in total. The molecule has 88 valence electrons. The smallest absolute Gasteiger partial charge is 0.311 e. The number of fused-ring (bicyclic) bond motifs is 1. The lowest BCUT2D eigenvalue weighted by atomic mass is 10.3. The lowest BCUT2D eigenvalue weighted by Crippen LogP contribution is -2.24. The Balaban J connectivity index is 2.59. The zero-order chi connectivity index (χ0) is 12.4. The lowest BCUT2D eigenvalue weighted by molar-refractivity contribution is -0.139. The maximum Gasteiger partial charge on any atom is 0.311 e. The first-order chi connectivity index (χ1) is 8.13. The van der Waals surface area contributed by atoms with E-state index in [2.05, 4.69) is 14.9 Å². The molecule has 0 saturated heterocycles. The monoisotopic (exact) mass is 253 g/mol. The highest BCUT2D eigenvalue weighted by Gasteiger charge is 2.12. The van der Waals surface area contributed by atoms with Crippen LogP contribution >= 0.6 is 11.6 Å². The molecule has 2 aromatic heterocycles. The van der Waals surface area contributed by atoms with Gasteiger partial charge in [0, 0.05) is 6.20 Å². The fraction of sp³-hybridized carbons (Fsp3) is 0.200. The molecular formula is C10H8ClN3O3. The number of carbonyl (C=O) groups excluding carboxylic acids is 1. The third kappa shape index (κ3) is 2.12. The number of nitrogens with zero attached hydrogens (tertiary/aromatic N) is 3. The van der Waals surface area contributed by atoms with Crippen LogP contribution < -0.4 is 5.56 Å². The van der Waals surface area contributed by atoms with Crippen molar-refractivity contribution in [2.24, 2.45) is 0 Å². The van der Waals surface area contributed by atoms with Crippen LogP contribution in [0.4, 0.5) is 0 Å². The number of methoxy groups -OCH3 is 1. The first-order valence-corrected chi connectivity index (χ1v) is 5.10. The van der Waals surface area contributed by atoms with Crippen molar-refractivity contribution in [3.05, 3.63) is 39.4 Å². The van der Waals surface area contributed by atoms with E-state index in [0.717, 1.165) is 0 Å². The standard InChI is InChI=1S/C10H8ClN3O3/c1-17-8(15)5-7-10(16)14-4-2-3-6(11)9(14)13-12-7/h2-4H,5H2,1H3. The number of pyridine rings is 1. The van der Waals surface area contributed by atoms with E-state index in [4.69, 9.17) is 11.6 Å². The van der Waals surface area contributed by atoms with Gasteiger partial charge >= 0.3 is 5.97 Å². The van der Waals surface area contributed by atoms with Gasteiger partial charge in [0.15, 0.2) is 5.65 Å². The number of carbonyl (C=O) groups is 1. The third-order valence-electron chi connectivity index (χ3n) is 2.19. The zero-order valence-corrected chi connectivity index (χ0v) is 9.64. The highest BCUT2D eigenvalue weighted by molar-refractivity contribution is 6.33. The van der Waals surface area contributed by atoms with Gasteiger partial charge in [-0.05, 0) is 12.1 Å². The van der Waals surface area contributed by atoms with Gasteiger partial charge in [0.1, 0.15) is 5.69 Å². The Hall–Kier alpha value is -1.95. The van der Waals surface area contributed by atoms with Crippen LogP contribution in [0.2, 0.25) is 5.02 Å². The van der Waals surface area contributed by atoms with Crippen LogP contribution in [0.25, 0.3) is 5.65 Å². The van der Waals surface area contributed by atoms with Crippen molar-refractivity contribution in [3.8, 4) is 0 Å². The normalized spacial score (nSPS) is 10.5. The molecule has 0 fully saturated rings. The molecule has 17 heavy (non-hydrogen) atoms. The Bertz CT molecular complexity index is 638. The van der Waals surface area contributed by atoms with Gasteiger partial charge in [-0.15, -0.1) is 10.2 Å². The Labute approximate surface area is 101 Å². The Kier molecular flexibility index (Phi) is 3.06. The molecule has 0 amide bonds. The summed E-state index contributed by atoms with van der Waals surface area (Å²) in [7, 11) is 1.24. The van der Waals surface area contributed by atoms with E-state index in [9.17, 15) is 9.59 Å². The molecule has 0 atom stereocenters. The maximum absolute atomic E-state index is 11.9. The molecular weight excluding hydrogens is 246 g/mol. The highest BCUT2D eigenvalue weighted by Crippen LogP contribution is 2.11. The van der Waals surface area contributed by atoms with Crippen molar-refractivity contribution in [1.82, 2.24) is 14.6 Å². The minimum Gasteiger partial charge on any atom is -0.469 e. The number of hydrogen-bond donors (Lipinski definition) is 0. The molecule has 0 aliphatic rings. The van der Waals surface area contributed by atoms with E-state index < -0.39 is 11.5 Å². The molecule has 0 bridgehead atoms. The molecule has 0 saturated carbocycles. The molecule has 2 rings (SSSR count). The quantitative estimate of drug-likeness (QED) is 0.727. The topological polar surface area (TPSA) is 73.6 Å². The zero-order valence-electron chi connectivity index (χ0n) is 8.88. The SMILES string of the molecule is COC(=O)Cc1nnc2c(Cl)cccn2c1=O. The maximum atomic E-state index is 11.9. The molecule has 6 nitrogen and oxygen atoms in total. The summed E-state index contributed by atoms with van der Waals surface area (Å²) in [6.07, 6.45) is 1.30. The number of rotatable bonds is 2. The van der Waals surface area contributed by atoms with Crippen molar-refractivity contribution >= 4 is 23.2 Å². The van der Waals surface area contributed by atoms with E-state index in [1.807, 2.05) is 0 Å². The van der Waals surface area contributed by atoms with Crippen molar-refractivity contribution < 1.29 is 9.53 Å². The van der Waals surface area contributed by atoms with E-state index in [1.54, 1.807) is 12.1 Å². The van der Waals surface area contributed by atoms with Crippen LogP contribution in [0.15, 0.2) is 23.1 Å². The van der Waals surface area contributed by atoms with Crippen LogP contribution in [0.3, 0.4) is 0 Å². The third-order valence-corrected chi connectivity index (χ3v) is 2.49. The summed E-state index contributed by atoms with van der Waals surface area (Å²) in [5.74, 6) is -0.543. The summed E-state index contributed by atoms with van der Waals surface area (Å²) in [6.45, 7) is 0. The molecule has 7 heteroatoms. The molecule has 0 unspecified atom stereocenters. The van der Waals surface area contributed by atoms with Gasteiger partial charge in [-0.25, -0.2) is 0 Å². The summed E-state index contributed by atoms with van der Waals surface area (Å²) in [4.78, 5) is 23.0. The molecule has 0 spiro atoms. The van der Waals surface area contributed by atoms with Crippen LogP contribution in [0.1, 0.15) is 5.69 Å². The first kappa shape index (κ1) is 11.5. The largest absolute Gasteiger partial charge is 0.469 e. The number of hydrogen-bond acceptors (Lipinski definition) is 5. The molecule has 0 radical (unpaired) electrons. The minimum absolute atomic E-state index is 0.0246. The van der Waals surface area contributed by atoms with E-state index in [1.165, 1.54) is 17.7 Å². The van der Waals surface area contributed by atoms with E-state index in [-0.39, 0.29) is 17.8 Å². The second-order valence-electron chi connectivity index (χ2n) is 3.25. The number of ether oxygens (including phenoxy) is 1. The fourth-order valence-corrected chi connectivity index (χ4v) is 1.54. The molecule has 0 aliphatic carbocycles. The van der Waals surface area contributed by atoms with Gasteiger partial charge in [-0.2, -0.15) is 0 Å². The summed E-state index contributed by atoms with van der Waals surface area (Å²) in [6, 6.07) is 3.21.